The van der Waals surface area contributed by atoms with Gasteiger partial charge >= 0.3 is 0 Å². The number of anilines is 2. The van der Waals surface area contributed by atoms with Crippen LogP contribution < -0.4 is 10.2 Å². The normalized spacial score (nSPS) is 20.2. The molecule has 5 heteroatoms. The summed E-state index contributed by atoms with van der Waals surface area (Å²) >= 11 is 1.60. The lowest BCUT2D eigenvalue weighted by Crippen LogP contribution is -2.25. The van der Waals surface area contributed by atoms with E-state index in [1.807, 2.05) is 6.26 Å². The molecular weight excluding hydrogens is 256 g/mol. The number of hydrogen-bond acceptors (Lipinski definition) is 5. The highest BCUT2D eigenvalue weighted by Gasteiger charge is 2.16. The number of aromatic nitrogens is 2. The highest BCUT2D eigenvalue weighted by atomic mass is 32.2. The fourth-order valence-corrected chi connectivity index (χ4v) is 2.80. The Balaban J connectivity index is 2.19. The molecule has 1 atom stereocenters. The molecule has 2 rings (SSSR count). The summed E-state index contributed by atoms with van der Waals surface area (Å²) in [5.41, 5.74) is 0. The van der Waals surface area contributed by atoms with Crippen molar-refractivity contribution in [2.45, 2.75) is 38.3 Å². The molecule has 1 fully saturated rings. The molecule has 4 nitrogen and oxygen atoms in total. The molecule has 1 unspecified atom stereocenters. The van der Waals surface area contributed by atoms with Crippen molar-refractivity contribution in [2.75, 3.05) is 36.1 Å². The van der Waals surface area contributed by atoms with Crippen LogP contribution in [-0.2, 0) is 0 Å². The predicted molar refractivity (Wildman–Crippen MR) is 83.2 cm³/mol. The van der Waals surface area contributed by atoms with Gasteiger partial charge in [-0.05, 0) is 38.4 Å². The Morgan fingerprint density at radius 1 is 1.37 bits per heavy atom. The summed E-state index contributed by atoms with van der Waals surface area (Å²) < 4.78 is 0. The highest BCUT2D eigenvalue weighted by Crippen LogP contribution is 2.24. The maximum atomic E-state index is 4.66. The van der Waals surface area contributed by atoms with Crippen molar-refractivity contribution < 1.29 is 0 Å². The smallest absolute Gasteiger partial charge is 0.191 e. The molecule has 2 heterocycles. The number of nitrogens with zero attached hydrogens (tertiary/aromatic N) is 3. The fourth-order valence-electron chi connectivity index (χ4n) is 2.43. The van der Waals surface area contributed by atoms with Crippen LogP contribution in [0.2, 0.25) is 0 Å². The van der Waals surface area contributed by atoms with E-state index >= 15 is 0 Å². The zero-order valence-electron chi connectivity index (χ0n) is 12.1. The van der Waals surface area contributed by atoms with E-state index in [1.165, 1.54) is 19.3 Å². The molecule has 1 aliphatic rings. The number of hydrogen-bond donors (Lipinski definition) is 1. The topological polar surface area (TPSA) is 41.0 Å². The molecule has 0 aromatic carbocycles. The van der Waals surface area contributed by atoms with Gasteiger partial charge in [0.05, 0.1) is 0 Å². The van der Waals surface area contributed by atoms with E-state index in [0.29, 0.717) is 0 Å². The van der Waals surface area contributed by atoms with E-state index < -0.39 is 0 Å². The van der Waals surface area contributed by atoms with Gasteiger partial charge in [-0.1, -0.05) is 18.7 Å². The highest BCUT2D eigenvalue weighted by molar-refractivity contribution is 7.98. The second-order valence-electron chi connectivity index (χ2n) is 5.15. The monoisotopic (exact) mass is 280 g/mol. The van der Waals surface area contributed by atoms with Gasteiger partial charge in [0.2, 0.25) is 0 Å². The molecule has 0 amide bonds. The molecular formula is C14H24N4S. The SMILES string of the molecule is CCNc1cc(N2CCCC(C)CC2)nc(SC)n1. The van der Waals surface area contributed by atoms with E-state index in [0.717, 1.165) is 42.3 Å². The van der Waals surface area contributed by atoms with Crippen LogP contribution in [0.5, 0.6) is 0 Å². The molecule has 19 heavy (non-hydrogen) atoms. The van der Waals surface area contributed by atoms with E-state index in [-0.39, 0.29) is 0 Å². The van der Waals surface area contributed by atoms with Crippen LogP contribution in [0.1, 0.15) is 33.1 Å². The molecule has 1 aromatic heterocycles. The van der Waals surface area contributed by atoms with Gasteiger partial charge in [-0.25, -0.2) is 9.97 Å². The predicted octanol–water partition coefficient (Wildman–Crippen LogP) is 3.26. The molecule has 0 bridgehead atoms. The summed E-state index contributed by atoms with van der Waals surface area (Å²) in [5, 5.41) is 4.15. The summed E-state index contributed by atoms with van der Waals surface area (Å²) in [5.74, 6) is 2.85. The molecule has 1 saturated heterocycles. The van der Waals surface area contributed by atoms with Crippen LogP contribution in [0.25, 0.3) is 0 Å². The minimum absolute atomic E-state index is 0.833. The van der Waals surface area contributed by atoms with Gasteiger partial charge in [0.25, 0.3) is 0 Å². The molecule has 0 saturated carbocycles. The summed E-state index contributed by atoms with van der Waals surface area (Å²) in [6.45, 7) is 7.55. The van der Waals surface area contributed by atoms with Crippen molar-refractivity contribution in [1.82, 2.24) is 9.97 Å². The second-order valence-corrected chi connectivity index (χ2v) is 5.92. The average Bonchev–Trinajstić information content (AvgIpc) is 2.63. The van der Waals surface area contributed by atoms with Gasteiger partial charge < -0.3 is 10.2 Å². The van der Waals surface area contributed by atoms with Crippen molar-refractivity contribution in [3.8, 4) is 0 Å². The third-order valence-electron chi connectivity index (χ3n) is 3.57. The molecule has 0 aliphatic carbocycles. The molecule has 106 valence electrons. The summed E-state index contributed by atoms with van der Waals surface area (Å²) in [6.07, 6.45) is 5.88. The van der Waals surface area contributed by atoms with Crippen molar-refractivity contribution in [3.05, 3.63) is 6.07 Å². The molecule has 0 radical (unpaired) electrons. The van der Waals surface area contributed by atoms with E-state index in [2.05, 4.69) is 40.1 Å². The lowest BCUT2D eigenvalue weighted by molar-refractivity contribution is 0.521. The summed E-state index contributed by atoms with van der Waals surface area (Å²) in [7, 11) is 0. The van der Waals surface area contributed by atoms with Gasteiger partial charge in [0, 0.05) is 25.7 Å². The maximum absolute atomic E-state index is 4.66. The van der Waals surface area contributed by atoms with Crippen LogP contribution in [0.4, 0.5) is 11.6 Å². The van der Waals surface area contributed by atoms with Crippen LogP contribution in [0.3, 0.4) is 0 Å². The zero-order valence-corrected chi connectivity index (χ0v) is 13.0. The summed E-state index contributed by atoms with van der Waals surface area (Å²) in [6, 6.07) is 2.08. The maximum Gasteiger partial charge on any atom is 0.191 e. The molecule has 1 aliphatic heterocycles. The van der Waals surface area contributed by atoms with Crippen molar-refractivity contribution in [3.63, 3.8) is 0 Å². The van der Waals surface area contributed by atoms with Crippen molar-refractivity contribution in [2.24, 2.45) is 5.92 Å². The van der Waals surface area contributed by atoms with Gasteiger partial charge in [0.1, 0.15) is 11.6 Å². The number of rotatable bonds is 4. The molecule has 1 N–H and O–H groups in total. The largest absolute Gasteiger partial charge is 0.370 e. The first-order chi connectivity index (χ1) is 9.22. The lowest BCUT2D eigenvalue weighted by Gasteiger charge is -2.22. The fraction of sp³-hybridized carbons (Fsp3) is 0.714. The first kappa shape index (κ1) is 14.4. The van der Waals surface area contributed by atoms with Gasteiger partial charge in [0.15, 0.2) is 5.16 Å². The van der Waals surface area contributed by atoms with E-state index in [4.69, 9.17) is 0 Å². The Labute approximate surface area is 120 Å². The minimum atomic E-state index is 0.833. The first-order valence-electron chi connectivity index (χ1n) is 7.14. The Morgan fingerprint density at radius 3 is 2.95 bits per heavy atom. The van der Waals surface area contributed by atoms with Crippen molar-refractivity contribution in [1.29, 1.82) is 0 Å². The third-order valence-corrected chi connectivity index (χ3v) is 4.12. The van der Waals surface area contributed by atoms with E-state index in [1.54, 1.807) is 11.8 Å². The Hall–Kier alpha value is -0.970. The third kappa shape index (κ3) is 4.00. The number of nitrogens with one attached hydrogen (secondary N) is 1. The molecule has 0 spiro atoms. The Kier molecular flexibility index (Phi) is 5.31. The second kappa shape index (κ2) is 6.98. The van der Waals surface area contributed by atoms with Gasteiger partial charge in [-0.15, -0.1) is 0 Å². The standard InChI is InChI=1S/C14H24N4S/c1-4-15-12-10-13(17-14(16-12)19-3)18-8-5-6-11(2)7-9-18/h10-11H,4-9H2,1-3H3,(H,15,16,17). The lowest BCUT2D eigenvalue weighted by atomic mass is 10.0. The van der Waals surface area contributed by atoms with Crippen LogP contribution in [0.15, 0.2) is 11.2 Å². The van der Waals surface area contributed by atoms with Crippen LogP contribution >= 0.6 is 11.8 Å². The summed E-state index contributed by atoms with van der Waals surface area (Å²) in [4.78, 5) is 11.6. The Morgan fingerprint density at radius 2 is 2.21 bits per heavy atom. The zero-order chi connectivity index (χ0) is 13.7. The van der Waals surface area contributed by atoms with Gasteiger partial charge in [-0.2, -0.15) is 0 Å². The molecule has 1 aromatic rings. The van der Waals surface area contributed by atoms with Crippen LogP contribution in [0, 0.1) is 5.92 Å². The van der Waals surface area contributed by atoms with Crippen molar-refractivity contribution >= 4 is 23.4 Å². The first-order valence-corrected chi connectivity index (χ1v) is 8.37. The average molecular weight is 280 g/mol. The van der Waals surface area contributed by atoms with Crippen LogP contribution in [-0.4, -0.2) is 35.9 Å². The van der Waals surface area contributed by atoms with E-state index in [9.17, 15) is 0 Å². The minimum Gasteiger partial charge on any atom is -0.370 e. The quantitative estimate of drug-likeness (QED) is 0.677. The number of thioether (sulfide) groups is 1. The van der Waals surface area contributed by atoms with Gasteiger partial charge in [-0.3, -0.25) is 0 Å². The Bertz CT molecular complexity index is 410.